The van der Waals surface area contributed by atoms with Gasteiger partial charge < -0.3 is 15.0 Å². The molecule has 1 N–H and O–H groups in total. The van der Waals surface area contributed by atoms with Crippen molar-refractivity contribution in [2.45, 2.75) is 25.4 Å². The SMILES string of the molecule is COc1cccc(-c2cccc(C(=O)N3CCCC3C(=O)NCc3ccc(F)cc3)c2)c1. The second kappa shape index (κ2) is 9.64. The van der Waals surface area contributed by atoms with Crippen molar-refractivity contribution in [2.75, 3.05) is 13.7 Å². The highest BCUT2D eigenvalue weighted by atomic mass is 19.1. The van der Waals surface area contributed by atoms with Crippen molar-refractivity contribution in [1.29, 1.82) is 0 Å². The van der Waals surface area contributed by atoms with Gasteiger partial charge in [0.1, 0.15) is 17.6 Å². The Labute approximate surface area is 186 Å². The van der Waals surface area contributed by atoms with Crippen LogP contribution in [-0.4, -0.2) is 36.4 Å². The predicted octanol–water partition coefficient (Wildman–Crippen LogP) is 4.42. The molecule has 1 fully saturated rings. The minimum Gasteiger partial charge on any atom is -0.497 e. The second-order valence-electron chi connectivity index (χ2n) is 7.81. The zero-order chi connectivity index (χ0) is 22.5. The first-order chi connectivity index (χ1) is 15.5. The van der Waals surface area contributed by atoms with E-state index in [4.69, 9.17) is 4.74 Å². The van der Waals surface area contributed by atoms with E-state index in [0.717, 1.165) is 28.9 Å². The van der Waals surface area contributed by atoms with Gasteiger partial charge in [-0.15, -0.1) is 0 Å². The molecule has 5 nitrogen and oxygen atoms in total. The molecule has 1 atom stereocenters. The van der Waals surface area contributed by atoms with E-state index >= 15 is 0 Å². The summed E-state index contributed by atoms with van der Waals surface area (Å²) < 4.78 is 18.4. The highest BCUT2D eigenvalue weighted by molar-refractivity contribution is 5.98. The number of nitrogens with one attached hydrogen (secondary N) is 1. The Hall–Kier alpha value is -3.67. The molecule has 6 heteroatoms. The van der Waals surface area contributed by atoms with Crippen LogP contribution in [0.4, 0.5) is 4.39 Å². The third-order valence-corrected chi connectivity index (χ3v) is 5.71. The molecule has 0 saturated carbocycles. The summed E-state index contributed by atoms with van der Waals surface area (Å²) in [4.78, 5) is 27.7. The van der Waals surface area contributed by atoms with Crippen LogP contribution in [0.15, 0.2) is 72.8 Å². The molecule has 3 aromatic rings. The minimum absolute atomic E-state index is 0.158. The van der Waals surface area contributed by atoms with E-state index in [1.807, 2.05) is 42.5 Å². The van der Waals surface area contributed by atoms with Crippen molar-refractivity contribution in [1.82, 2.24) is 10.2 Å². The lowest BCUT2D eigenvalue weighted by molar-refractivity contribution is -0.125. The van der Waals surface area contributed by atoms with Crippen molar-refractivity contribution in [2.24, 2.45) is 0 Å². The number of rotatable bonds is 6. The molecule has 1 heterocycles. The maximum Gasteiger partial charge on any atom is 0.254 e. The quantitative estimate of drug-likeness (QED) is 0.627. The number of ether oxygens (including phenoxy) is 1. The number of nitrogens with zero attached hydrogens (tertiary/aromatic N) is 1. The van der Waals surface area contributed by atoms with Crippen LogP contribution in [0.3, 0.4) is 0 Å². The molecule has 3 aromatic carbocycles. The molecule has 4 rings (SSSR count). The van der Waals surface area contributed by atoms with Crippen LogP contribution in [-0.2, 0) is 11.3 Å². The van der Waals surface area contributed by atoms with Crippen LogP contribution < -0.4 is 10.1 Å². The molecule has 1 aliphatic heterocycles. The normalized spacial score (nSPS) is 15.4. The summed E-state index contributed by atoms with van der Waals surface area (Å²) in [7, 11) is 1.62. The Bertz CT molecular complexity index is 1110. The largest absolute Gasteiger partial charge is 0.497 e. The summed E-state index contributed by atoms with van der Waals surface area (Å²) in [6.45, 7) is 0.833. The molecule has 1 saturated heterocycles. The molecule has 0 bridgehead atoms. The number of amides is 2. The number of hydrogen-bond acceptors (Lipinski definition) is 3. The average Bonchev–Trinajstić information content (AvgIpc) is 3.33. The lowest BCUT2D eigenvalue weighted by Gasteiger charge is -2.24. The van der Waals surface area contributed by atoms with Crippen LogP contribution in [0, 0.1) is 5.82 Å². The molecular weight excluding hydrogens is 407 g/mol. The van der Waals surface area contributed by atoms with Gasteiger partial charge >= 0.3 is 0 Å². The van der Waals surface area contributed by atoms with Crippen LogP contribution in [0.5, 0.6) is 5.75 Å². The highest BCUT2D eigenvalue weighted by Gasteiger charge is 2.34. The predicted molar refractivity (Wildman–Crippen MR) is 121 cm³/mol. The summed E-state index contributed by atoms with van der Waals surface area (Å²) >= 11 is 0. The lowest BCUT2D eigenvalue weighted by Crippen LogP contribution is -2.45. The number of hydrogen-bond donors (Lipinski definition) is 1. The maximum absolute atomic E-state index is 13.3. The first kappa shape index (κ1) is 21.6. The summed E-state index contributed by atoms with van der Waals surface area (Å²) in [6.07, 6.45) is 1.40. The van der Waals surface area contributed by atoms with Gasteiger partial charge in [0, 0.05) is 18.7 Å². The van der Waals surface area contributed by atoms with Crippen molar-refractivity contribution in [3.8, 4) is 16.9 Å². The van der Waals surface area contributed by atoms with Gasteiger partial charge in [0.2, 0.25) is 5.91 Å². The van der Waals surface area contributed by atoms with Gasteiger partial charge in [0.15, 0.2) is 0 Å². The Morgan fingerprint density at radius 1 is 1.03 bits per heavy atom. The highest BCUT2D eigenvalue weighted by Crippen LogP contribution is 2.26. The molecule has 0 radical (unpaired) electrons. The number of halogens is 1. The summed E-state index contributed by atoms with van der Waals surface area (Å²) in [6, 6.07) is 20.6. The van der Waals surface area contributed by atoms with Crippen LogP contribution in [0.2, 0.25) is 0 Å². The third-order valence-electron chi connectivity index (χ3n) is 5.71. The first-order valence-electron chi connectivity index (χ1n) is 10.6. The molecule has 1 unspecified atom stereocenters. The number of carbonyl (C=O) groups excluding carboxylic acids is 2. The van der Waals surface area contributed by atoms with E-state index in [1.165, 1.54) is 12.1 Å². The number of carbonyl (C=O) groups is 2. The molecule has 164 valence electrons. The molecule has 32 heavy (non-hydrogen) atoms. The van der Waals surface area contributed by atoms with Crippen molar-refractivity contribution in [3.05, 3.63) is 89.7 Å². The first-order valence-corrected chi connectivity index (χ1v) is 10.6. The molecule has 0 spiro atoms. The monoisotopic (exact) mass is 432 g/mol. The standard InChI is InChI=1S/C26H25FN2O3/c1-32-23-8-3-6-20(16-23)19-5-2-7-21(15-19)26(31)29-14-4-9-24(29)25(30)28-17-18-10-12-22(27)13-11-18/h2-3,5-8,10-13,15-16,24H,4,9,14,17H2,1H3,(H,28,30). The fourth-order valence-corrected chi connectivity index (χ4v) is 3.99. The Morgan fingerprint density at radius 2 is 1.75 bits per heavy atom. The van der Waals surface area contributed by atoms with Gasteiger partial charge in [-0.3, -0.25) is 9.59 Å². The van der Waals surface area contributed by atoms with Crippen LogP contribution >= 0.6 is 0 Å². The maximum atomic E-state index is 13.3. The Balaban J connectivity index is 1.47. The van der Waals surface area contributed by atoms with Crippen molar-refractivity contribution in [3.63, 3.8) is 0 Å². The average molecular weight is 432 g/mol. The van der Waals surface area contributed by atoms with E-state index in [0.29, 0.717) is 25.1 Å². The van der Waals surface area contributed by atoms with Gasteiger partial charge in [-0.1, -0.05) is 36.4 Å². The number of likely N-dealkylation sites (tertiary alicyclic amines) is 1. The summed E-state index contributed by atoms with van der Waals surface area (Å²) in [5.74, 6) is 0.0822. The van der Waals surface area contributed by atoms with E-state index in [9.17, 15) is 14.0 Å². The van der Waals surface area contributed by atoms with Gasteiger partial charge in [-0.25, -0.2) is 4.39 Å². The smallest absolute Gasteiger partial charge is 0.254 e. The van der Waals surface area contributed by atoms with Gasteiger partial charge in [-0.2, -0.15) is 0 Å². The van der Waals surface area contributed by atoms with E-state index < -0.39 is 6.04 Å². The minimum atomic E-state index is -0.511. The third kappa shape index (κ3) is 4.80. The molecular formula is C26H25FN2O3. The molecule has 1 aliphatic rings. The lowest BCUT2D eigenvalue weighted by atomic mass is 10.0. The van der Waals surface area contributed by atoms with E-state index in [2.05, 4.69) is 5.32 Å². The van der Waals surface area contributed by atoms with E-state index in [-0.39, 0.29) is 17.6 Å². The van der Waals surface area contributed by atoms with Crippen molar-refractivity contribution >= 4 is 11.8 Å². The zero-order valence-corrected chi connectivity index (χ0v) is 17.9. The number of benzene rings is 3. The Kier molecular flexibility index (Phi) is 6.50. The van der Waals surface area contributed by atoms with Gasteiger partial charge in [-0.05, 0) is 65.9 Å². The molecule has 2 amide bonds. The summed E-state index contributed by atoms with van der Waals surface area (Å²) in [5, 5.41) is 2.88. The van der Waals surface area contributed by atoms with Gasteiger partial charge in [0.25, 0.3) is 5.91 Å². The Morgan fingerprint density at radius 3 is 2.50 bits per heavy atom. The fourth-order valence-electron chi connectivity index (χ4n) is 3.99. The van der Waals surface area contributed by atoms with E-state index in [1.54, 1.807) is 30.2 Å². The van der Waals surface area contributed by atoms with Gasteiger partial charge in [0.05, 0.1) is 7.11 Å². The zero-order valence-electron chi connectivity index (χ0n) is 17.9. The molecule has 0 aromatic heterocycles. The number of methoxy groups -OCH3 is 1. The molecule has 0 aliphatic carbocycles. The topological polar surface area (TPSA) is 58.6 Å². The van der Waals surface area contributed by atoms with Crippen LogP contribution in [0.25, 0.3) is 11.1 Å². The fraction of sp³-hybridized carbons (Fsp3) is 0.231. The van der Waals surface area contributed by atoms with Crippen molar-refractivity contribution < 1.29 is 18.7 Å². The van der Waals surface area contributed by atoms with Crippen LogP contribution in [0.1, 0.15) is 28.8 Å². The summed E-state index contributed by atoms with van der Waals surface area (Å²) in [5.41, 5.74) is 3.21. The second-order valence-corrected chi connectivity index (χ2v) is 7.81.